The topological polar surface area (TPSA) is 41.1 Å². The molecule has 0 aliphatic heterocycles. The van der Waals surface area contributed by atoms with Gasteiger partial charge in [0.1, 0.15) is 0 Å². The number of ketones is 1. The number of carbonyl (C=O) groups is 1. The highest BCUT2D eigenvalue weighted by Crippen LogP contribution is 2.33. The summed E-state index contributed by atoms with van der Waals surface area (Å²) in [6.07, 6.45) is 0. The monoisotopic (exact) mass is 378 g/mol. The first-order valence-electron chi connectivity index (χ1n) is 8.13. The molecular weight excluding hydrogens is 360 g/mol. The van der Waals surface area contributed by atoms with Gasteiger partial charge in [-0.1, -0.05) is 42.1 Å². The highest BCUT2D eigenvalue weighted by Gasteiger charge is 2.06. The summed E-state index contributed by atoms with van der Waals surface area (Å²) in [6, 6.07) is 25.5. The molecule has 0 atom stereocenters. The molecule has 0 bridgehead atoms. The Morgan fingerprint density at radius 2 is 1.50 bits per heavy atom. The largest absolute Gasteiger partial charge is 0.332 e. The molecule has 0 radical (unpaired) electrons. The van der Waals surface area contributed by atoms with E-state index in [1.165, 1.54) is 4.90 Å². The van der Waals surface area contributed by atoms with Gasteiger partial charge in [-0.2, -0.15) is 0 Å². The summed E-state index contributed by atoms with van der Waals surface area (Å²) < 4.78 is 0. The van der Waals surface area contributed by atoms with Crippen LogP contribution in [0.5, 0.6) is 0 Å². The first-order chi connectivity index (χ1) is 12.6. The van der Waals surface area contributed by atoms with E-state index >= 15 is 0 Å². The van der Waals surface area contributed by atoms with Crippen molar-refractivity contribution in [3.63, 3.8) is 0 Å². The summed E-state index contributed by atoms with van der Waals surface area (Å²) in [5, 5.41) is 6.90. The van der Waals surface area contributed by atoms with Crippen molar-refractivity contribution in [1.82, 2.24) is 0 Å². The summed E-state index contributed by atoms with van der Waals surface area (Å²) in [5.41, 5.74) is 2.46. The van der Waals surface area contributed by atoms with Crippen molar-refractivity contribution in [1.29, 1.82) is 0 Å². The predicted octanol–water partition coefficient (Wildman–Crippen LogP) is 5.85. The number of anilines is 2. The molecule has 0 fully saturated rings. The summed E-state index contributed by atoms with van der Waals surface area (Å²) in [4.78, 5) is 13.6. The van der Waals surface area contributed by atoms with Crippen LogP contribution >= 0.6 is 24.0 Å². The lowest BCUT2D eigenvalue weighted by molar-refractivity contribution is 0.101. The molecule has 0 aliphatic carbocycles. The van der Waals surface area contributed by atoms with E-state index in [9.17, 15) is 4.79 Å². The second kappa shape index (κ2) is 8.65. The van der Waals surface area contributed by atoms with E-state index < -0.39 is 0 Å². The van der Waals surface area contributed by atoms with Gasteiger partial charge in [0.2, 0.25) is 0 Å². The normalized spacial score (nSPS) is 10.2. The number of Topliss-reactive ketones (excluding diaryl/α,β-unsaturated/α-hetero) is 1. The average Bonchev–Trinajstić information content (AvgIpc) is 2.64. The first-order valence-corrected chi connectivity index (χ1v) is 9.35. The fraction of sp³-hybridized carbons (Fsp3) is 0.0476. The van der Waals surface area contributed by atoms with Gasteiger partial charge in [-0.15, -0.1) is 0 Å². The van der Waals surface area contributed by atoms with Gasteiger partial charge in [0.25, 0.3) is 0 Å². The zero-order valence-electron chi connectivity index (χ0n) is 14.2. The van der Waals surface area contributed by atoms with Crippen molar-refractivity contribution >= 4 is 46.3 Å². The smallest absolute Gasteiger partial charge is 0.175 e. The van der Waals surface area contributed by atoms with Gasteiger partial charge in [0, 0.05) is 21.0 Å². The second-order valence-electron chi connectivity index (χ2n) is 5.62. The lowest BCUT2D eigenvalue weighted by Gasteiger charge is -2.14. The van der Waals surface area contributed by atoms with E-state index in [0.717, 1.165) is 16.3 Å². The summed E-state index contributed by atoms with van der Waals surface area (Å²) in [6.45, 7) is 1.55. The van der Waals surface area contributed by atoms with Crippen LogP contribution in [0.25, 0.3) is 0 Å². The van der Waals surface area contributed by atoms with Crippen molar-refractivity contribution in [3.8, 4) is 0 Å². The van der Waals surface area contributed by atoms with E-state index in [4.69, 9.17) is 12.2 Å². The summed E-state index contributed by atoms with van der Waals surface area (Å²) >= 11 is 7.11. The second-order valence-corrected chi connectivity index (χ2v) is 7.15. The van der Waals surface area contributed by atoms with E-state index in [2.05, 4.69) is 28.8 Å². The van der Waals surface area contributed by atoms with Crippen LogP contribution in [0.2, 0.25) is 0 Å². The number of benzene rings is 3. The third-order valence-electron chi connectivity index (χ3n) is 3.66. The molecule has 130 valence electrons. The number of nitrogens with one attached hydrogen (secondary N) is 2. The third kappa shape index (κ3) is 4.94. The minimum atomic E-state index is 0.0455. The molecule has 3 nitrogen and oxygen atoms in total. The lowest BCUT2D eigenvalue weighted by atomic mass is 10.1. The molecule has 3 aromatic carbocycles. The maximum atomic E-state index is 11.3. The molecule has 0 saturated carbocycles. The van der Waals surface area contributed by atoms with Crippen LogP contribution in [0.4, 0.5) is 11.4 Å². The Bertz CT molecular complexity index is 909. The molecule has 0 saturated heterocycles. The fourth-order valence-electron chi connectivity index (χ4n) is 2.35. The Labute approximate surface area is 162 Å². The molecule has 0 aliphatic rings. The van der Waals surface area contributed by atoms with Crippen LogP contribution in [-0.4, -0.2) is 10.9 Å². The summed E-state index contributed by atoms with van der Waals surface area (Å²) in [7, 11) is 0. The molecule has 3 aromatic rings. The highest BCUT2D eigenvalue weighted by molar-refractivity contribution is 7.99. The Kier molecular flexibility index (Phi) is 6.04. The first kappa shape index (κ1) is 18.2. The van der Waals surface area contributed by atoms with Gasteiger partial charge in [-0.25, -0.2) is 0 Å². The van der Waals surface area contributed by atoms with E-state index in [1.807, 2.05) is 48.5 Å². The van der Waals surface area contributed by atoms with E-state index in [1.54, 1.807) is 30.8 Å². The van der Waals surface area contributed by atoms with Crippen LogP contribution < -0.4 is 10.6 Å². The molecule has 0 heterocycles. The molecule has 3 rings (SSSR count). The molecule has 2 N–H and O–H groups in total. The minimum absolute atomic E-state index is 0.0455. The number of hydrogen-bond acceptors (Lipinski definition) is 3. The average molecular weight is 379 g/mol. The lowest BCUT2D eigenvalue weighted by Crippen LogP contribution is -2.19. The van der Waals surface area contributed by atoms with Crippen molar-refractivity contribution in [3.05, 3.63) is 84.4 Å². The maximum Gasteiger partial charge on any atom is 0.175 e. The zero-order chi connectivity index (χ0) is 18.4. The van der Waals surface area contributed by atoms with E-state index in [-0.39, 0.29) is 5.78 Å². The molecule has 26 heavy (non-hydrogen) atoms. The van der Waals surface area contributed by atoms with Crippen LogP contribution in [0.15, 0.2) is 88.7 Å². The van der Waals surface area contributed by atoms with Crippen molar-refractivity contribution < 1.29 is 4.79 Å². The van der Waals surface area contributed by atoms with Gasteiger partial charge in [0.05, 0.1) is 5.69 Å². The van der Waals surface area contributed by atoms with Crippen LogP contribution in [0, 0.1) is 0 Å². The molecule has 0 spiro atoms. The van der Waals surface area contributed by atoms with Gasteiger partial charge >= 0.3 is 0 Å². The number of rotatable bonds is 5. The van der Waals surface area contributed by atoms with Crippen LogP contribution in [0.1, 0.15) is 17.3 Å². The molecule has 0 unspecified atom stereocenters. The van der Waals surface area contributed by atoms with Gasteiger partial charge in [-0.3, -0.25) is 4.79 Å². The van der Waals surface area contributed by atoms with Gasteiger partial charge in [-0.05, 0) is 67.7 Å². The van der Waals surface area contributed by atoms with Crippen molar-refractivity contribution in [2.24, 2.45) is 0 Å². The quantitative estimate of drug-likeness (QED) is 0.430. The van der Waals surface area contributed by atoms with Crippen molar-refractivity contribution in [2.45, 2.75) is 16.7 Å². The molecule has 5 heteroatoms. The number of hydrogen-bond donors (Lipinski definition) is 2. The molecule has 0 amide bonds. The Balaban J connectivity index is 1.68. The number of para-hydroxylation sites is 1. The Hall–Kier alpha value is -2.63. The Morgan fingerprint density at radius 1 is 0.846 bits per heavy atom. The van der Waals surface area contributed by atoms with Crippen molar-refractivity contribution in [2.75, 3.05) is 10.6 Å². The van der Waals surface area contributed by atoms with Crippen LogP contribution in [0.3, 0.4) is 0 Å². The standard InChI is InChI=1S/C21H18N2OS2/c1-15(24)16-11-13-17(14-12-16)22-21(25)23-19-9-5-6-10-20(19)26-18-7-3-2-4-8-18/h2-14H,1H3,(H2,22,23,25). The molecule has 0 aromatic heterocycles. The third-order valence-corrected chi connectivity index (χ3v) is 4.94. The Morgan fingerprint density at radius 3 is 2.19 bits per heavy atom. The summed E-state index contributed by atoms with van der Waals surface area (Å²) in [5.74, 6) is 0.0455. The van der Waals surface area contributed by atoms with E-state index in [0.29, 0.717) is 10.7 Å². The van der Waals surface area contributed by atoms with Crippen LogP contribution in [-0.2, 0) is 0 Å². The minimum Gasteiger partial charge on any atom is -0.332 e. The molecular formula is C21H18N2OS2. The number of carbonyl (C=O) groups excluding carboxylic acids is 1. The van der Waals surface area contributed by atoms with Gasteiger partial charge < -0.3 is 10.6 Å². The SMILES string of the molecule is CC(=O)c1ccc(NC(=S)Nc2ccccc2Sc2ccccc2)cc1. The maximum absolute atomic E-state index is 11.3. The fourth-order valence-corrected chi connectivity index (χ4v) is 3.50. The van der Waals surface area contributed by atoms with Gasteiger partial charge in [0.15, 0.2) is 10.9 Å². The predicted molar refractivity (Wildman–Crippen MR) is 113 cm³/mol. The zero-order valence-corrected chi connectivity index (χ0v) is 15.9. The number of thiocarbonyl (C=S) groups is 1. The highest BCUT2D eigenvalue weighted by atomic mass is 32.2.